The number of aromatic hydroxyl groups is 1. The monoisotopic (exact) mass is 300 g/mol. The van der Waals surface area contributed by atoms with Crippen LogP contribution in [0, 0.1) is 0 Å². The molecule has 22 heavy (non-hydrogen) atoms. The Morgan fingerprint density at radius 3 is 2.68 bits per heavy atom. The fraction of sp³-hybridized carbons (Fsp3) is 0.471. The van der Waals surface area contributed by atoms with Crippen molar-refractivity contribution in [2.75, 3.05) is 26.3 Å². The van der Waals surface area contributed by atoms with Gasteiger partial charge in [-0.15, -0.1) is 0 Å². The van der Waals surface area contributed by atoms with Gasteiger partial charge in [0.1, 0.15) is 5.75 Å². The molecule has 2 aromatic rings. The highest BCUT2D eigenvalue weighted by Gasteiger charge is 2.39. The first kappa shape index (κ1) is 13.9. The number of hydrogen-bond donors (Lipinski definition) is 1. The molecule has 0 saturated carbocycles. The standard InChI is InChI=1S/C17H20N2O3/c20-16-2-1-13-3-6-18-11-14(13)15(16)12-19-7-4-17(5-8-19)21-9-10-22-17/h1-3,6,11,20H,4-5,7-10,12H2. The second-order valence-electron chi connectivity index (χ2n) is 6.04. The number of piperidine rings is 1. The average molecular weight is 300 g/mol. The number of rotatable bonds is 2. The first-order valence-electron chi connectivity index (χ1n) is 7.81. The highest BCUT2D eigenvalue weighted by molar-refractivity contribution is 5.86. The van der Waals surface area contributed by atoms with Crippen molar-refractivity contribution in [3.63, 3.8) is 0 Å². The summed E-state index contributed by atoms with van der Waals surface area (Å²) < 4.78 is 11.5. The van der Waals surface area contributed by atoms with Gasteiger partial charge < -0.3 is 14.6 Å². The van der Waals surface area contributed by atoms with Gasteiger partial charge in [-0.05, 0) is 17.5 Å². The summed E-state index contributed by atoms with van der Waals surface area (Å²) in [7, 11) is 0. The summed E-state index contributed by atoms with van der Waals surface area (Å²) in [6.07, 6.45) is 5.38. The molecule has 116 valence electrons. The molecule has 0 radical (unpaired) electrons. The number of nitrogens with zero attached hydrogens (tertiary/aromatic N) is 2. The molecule has 5 heteroatoms. The van der Waals surface area contributed by atoms with E-state index < -0.39 is 0 Å². The average Bonchev–Trinajstić information content (AvgIpc) is 3.01. The Morgan fingerprint density at radius 2 is 1.91 bits per heavy atom. The smallest absolute Gasteiger partial charge is 0.170 e. The summed E-state index contributed by atoms with van der Waals surface area (Å²) in [5, 5.41) is 12.4. The molecule has 1 aromatic heterocycles. The highest BCUT2D eigenvalue weighted by atomic mass is 16.7. The first-order chi connectivity index (χ1) is 10.8. The fourth-order valence-corrected chi connectivity index (χ4v) is 3.44. The van der Waals surface area contributed by atoms with E-state index in [0.717, 1.165) is 48.8 Å². The van der Waals surface area contributed by atoms with E-state index in [9.17, 15) is 5.11 Å². The van der Waals surface area contributed by atoms with Gasteiger partial charge >= 0.3 is 0 Å². The van der Waals surface area contributed by atoms with Crippen LogP contribution in [0.3, 0.4) is 0 Å². The molecule has 2 aliphatic rings. The Hall–Kier alpha value is -1.69. The van der Waals surface area contributed by atoms with E-state index in [1.807, 2.05) is 18.3 Å². The molecule has 2 aliphatic heterocycles. The van der Waals surface area contributed by atoms with E-state index >= 15 is 0 Å². The number of phenols is 1. The number of ether oxygens (including phenoxy) is 2. The van der Waals surface area contributed by atoms with Crippen LogP contribution in [0.2, 0.25) is 0 Å². The van der Waals surface area contributed by atoms with Crippen molar-refractivity contribution in [3.8, 4) is 5.75 Å². The lowest BCUT2D eigenvalue weighted by atomic mass is 10.0. The van der Waals surface area contributed by atoms with Crippen LogP contribution in [0.4, 0.5) is 0 Å². The molecule has 2 saturated heterocycles. The molecule has 0 aliphatic carbocycles. The molecule has 3 heterocycles. The summed E-state index contributed by atoms with van der Waals surface area (Å²) >= 11 is 0. The quantitative estimate of drug-likeness (QED) is 0.922. The third-order valence-electron chi connectivity index (χ3n) is 4.72. The minimum Gasteiger partial charge on any atom is -0.508 e. The molecule has 2 fully saturated rings. The van der Waals surface area contributed by atoms with Crippen LogP contribution in [-0.2, 0) is 16.0 Å². The van der Waals surface area contributed by atoms with E-state index in [1.54, 1.807) is 12.3 Å². The molecule has 5 nitrogen and oxygen atoms in total. The van der Waals surface area contributed by atoms with E-state index in [4.69, 9.17) is 9.47 Å². The van der Waals surface area contributed by atoms with Crippen LogP contribution in [0.15, 0.2) is 30.6 Å². The number of likely N-dealkylation sites (tertiary alicyclic amines) is 1. The second kappa shape index (κ2) is 5.50. The van der Waals surface area contributed by atoms with Crippen molar-refractivity contribution < 1.29 is 14.6 Å². The largest absolute Gasteiger partial charge is 0.508 e. The van der Waals surface area contributed by atoms with Crippen molar-refractivity contribution in [1.82, 2.24) is 9.88 Å². The van der Waals surface area contributed by atoms with Crippen molar-refractivity contribution in [1.29, 1.82) is 0 Å². The normalized spacial score (nSPS) is 21.6. The van der Waals surface area contributed by atoms with Crippen LogP contribution in [0.25, 0.3) is 10.8 Å². The number of benzene rings is 1. The molecule has 0 atom stereocenters. The third-order valence-corrected chi connectivity index (χ3v) is 4.72. The SMILES string of the molecule is Oc1ccc2ccncc2c1CN1CCC2(CC1)OCCO2. The summed E-state index contributed by atoms with van der Waals surface area (Å²) in [6.45, 7) is 3.96. The Kier molecular flexibility index (Phi) is 3.48. The lowest BCUT2D eigenvalue weighted by molar-refractivity contribution is -0.185. The van der Waals surface area contributed by atoms with Gasteiger partial charge in [-0.1, -0.05) is 6.07 Å². The van der Waals surface area contributed by atoms with Crippen LogP contribution in [0.5, 0.6) is 5.75 Å². The zero-order valence-corrected chi connectivity index (χ0v) is 12.5. The maximum atomic E-state index is 10.2. The summed E-state index contributed by atoms with van der Waals surface area (Å²) in [4.78, 5) is 6.54. The van der Waals surface area contributed by atoms with E-state index in [2.05, 4.69) is 9.88 Å². The zero-order valence-electron chi connectivity index (χ0n) is 12.5. The molecule has 4 rings (SSSR count). The summed E-state index contributed by atoms with van der Waals surface area (Å²) in [5.41, 5.74) is 0.954. The van der Waals surface area contributed by atoms with Gasteiger partial charge in [-0.2, -0.15) is 0 Å². The molecular formula is C17H20N2O3. The predicted molar refractivity (Wildman–Crippen MR) is 82.6 cm³/mol. The number of fused-ring (bicyclic) bond motifs is 1. The van der Waals surface area contributed by atoms with Gasteiger partial charge in [-0.25, -0.2) is 0 Å². The molecule has 1 N–H and O–H groups in total. The van der Waals surface area contributed by atoms with Gasteiger partial charge in [0.2, 0.25) is 0 Å². The topological polar surface area (TPSA) is 54.8 Å². The predicted octanol–water partition coefficient (Wildman–Crippen LogP) is 2.28. The number of hydrogen-bond acceptors (Lipinski definition) is 5. The van der Waals surface area contributed by atoms with Gasteiger partial charge in [0.15, 0.2) is 5.79 Å². The van der Waals surface area contributed by atoms with Crippen molar-refractivity contribution in [2.45, 2.75) is 25.2 Å². The van der Waals surface area contributed by atoms with Crippen LogP contribution < -0.4 is 0 Å². The van der Waals surface area contributed by atoms with E-state index in [-0.39, 0.29) is 5.79 Å². The number of pyridine rings is 1. The third kappa shape index (κ3) is 2.45. The molecule has 1 aromatic carbocycles. The van der Waals surface area contributed by atoms with Gasteiger partial charge in [-0.3, -0.25) is 9.88 Å². The maximum Gasteiger partial charge on any atom is 0.170 e. The van der Waals surface area contributed by atoms with Gasteiger partial charge in [0, 0.05) is 55.8 Å². The summed E-state index contributed by atoms with van der Waals surface area (Å²) in [6, 6.07) is 5.68. The van der Waals surface area contributed by atoms with Crippen LogP contribution in [-0.4, -0.2) is 47.1 Å². The number of phenolic OH excluding ortho intramolecular Hbond substituents is 1. The van der Waals surface area contributed by atoms with Crippen molar-refractivity contribution in [3.05, 3.63) is 36.2 Å². The second-order valence-corrected chi connectivity index (χ2v) is 6.04. The Balaban J connectivity index is 1.53. The molecule has 0 bridgehead atoms. The lowest BCUT2D eigenvalue weighted by Crippen LogP contribution is -2.44. The van der Waals surface area contributed by atoms with Gasteiger partial charge in [0.25, 0.3) is 0 Å². The molecule has 0 amide bonds. The fourth-order valence-electron chi connectivity index (χ4n) is 3.44. The minimum atomic E-state index is -0.348. The van der Waals surface area contributed by atoms with Crippen LogP contribution >= 0.6 is 0 Å². The van der Waals surface area contributed by atoms with Crippen molar-refractivity contribution >= 4 is 10.8 Å². The lowest BCUT2D eigenvalue weighted by Gasteiger charge is -2.37. The first-order valence-corrected chi connectivity index (χ1v) is 7.81. The Labute approximate surface area is 129 Å². The van der Waals surface area contributed by atoms with E-state index in [0.29, 0.717) is 19.0 Å². The van der Waals surface area contributed by atoms with E-state index in [1.165, 1.54) is 0 Å². The minimum absolute atomic E-state index is 0.342. The summed E-state index contributed by atoms with van der Waals surface area (Å²) in [5.74, 6) is -0.00655. The number of aromatic nitrogens is 1. The Morgan fingerprint density at radius 1 is 1.14 bits per heavy atom. The maximum absolute atomic E-state index is 10.2. The highest BCUT2D eigenvalue weighted by Crippen LogP contribution is 2.33. The zero-order chi connectivity index (χ0) is 15.0. The van der Waals surface area contributed by atoms with Crippen molar-refractivity contribution in [2.24, 2.45) is 0 Å². The molecular weight excluding hydrogens is 280 g/mol. The van der Waals surface area contributed by atoms with Gasteiger partial charge in [0.05, 0.1) is 13.2 Å². The molecule has 0 unspecified atom stereocenters. The molecule has 1 spiro atoms. The van der Waals surface area contributed by atoms with Crippen LogP contribution in [0.1, 0.15) is 18.4 Å². The Bertz CT molecular complexity index is 673.